The third-order valence-corrected chi connectivity index (χ3v) is 4.01. The van der Waals surface area contributed by atoms with Crippen molar-refractivity contribution in [1.82, 2.24) is 20.0 Å². The van der Waals surface area contributed by atoms with Crippen molar-refractivity contribution in [2.45, 2.75) is 45.8 Å². The second-order valence-corrected chi connectivity index (χ2v) is 5.51. The molecule has 4 nitrogen and oxygen atoms in total. The maximum Gasteiger partial charge on any atom is 0.0537 e. The van der Waals surface area contributed by atoms with Gasteiger partial charge in [0, 0.05) is 30.4 Å². The number of aromatic nitrogens is 2. The van der Waals surface area contributed by atoms with Crippen LogP contribution in [0.15, 0.2) is 12.4 Å². The predicted octanol–water partition coefficient (Wildman–Crippen LogP) is 1.89. The van der Waals surface area contributed by atoms with Gasteiger partial charge in [-0.3, -0.25) is 9.58 Å². The Balaban J connectivity index is 2.22. The number of rotatable bonds is 5. The van der Waals surface area contributed by atoms with Gasteiger partial charge in [-0.05, 0) is 53.2 Å². The van der Waals surface area contributed by atoms with Crippen molar-refractivity contribution in [3.05, 3.63) is 18.0 Å². The summed E-state index contributed by atoms with van der Waals surface area (Å²) < 4.78 is 2.03. The van der Waals surface area contributed by atoms with E-state index < -0.39 is 0 Å². The highest BCUT2D eigenvalue weighted by Gasteiger charge is 2.36. The molecule has 1 fully saturated rings. The van der Waals surface area contributed by atoms with E-state index in [2.05, 4.69) is 48.5 Å². The summed E-state index contributed by atoms with van der Waals surface area (Å²) in [6.07, 6.45) is 5.55. The van der Waals surface area contributed by atoms with Crippen LogP contribution >= 0.6 is 0 Å². The third-order valence-electron chi connectivity index (χ3n) is 4.01. The SMILES string of the molecule is CCn1cc(C2C(CNC)CCN2C(C)C)cn1. The molecular weight excluding hydrogens is 224 g/mol. The highest BCUT2D eigenvalue weighted by molar-refractivity contribution is 5.15. The van der Waals surface area contributed by atoms with Crippen LogP contribution in [-0.2, 0) is 6.54 Å². The van der Waals surface area contributed by atoms with Gasteiger partial charge < -0.3 is 5.32 Å². The summed E-state index contributed by atoms with van der Waals surface area (Å²) in [6.45, 7) is 9.96. The summed E-state index contributed by atoms with van der Waals surface area (Å²) in [5, 5.41) is 7.77. The maximum absolute atomic E-state index is 4.44. The average Bonchev–Trinajstić information content (AvgIpc) is 2.94. The first-order chi connectivity index (χ1) is 8.67. The zero-order chi connectivity index (χ0) is 13.1. The van der Waals surface area contributed by atoms with Crippen LogP contribution in [0, 0.1) is 5.92 Å². The van der Waals surface area contributed by atoms with Gasteiger partial charge in [0.15, 0.2) is 0 Å². The summed E-state index contributed by atoms with van der Waals surface area (Å²) >= 11 is 0. The van der Waals surface area contributed by atoms with E-state index >= 15 is 0 Å². The molecule has 0 bridgehead atoms. The molecule has 1 aromatic heterocycles. The van der Waals surface area contributed by atoms with E-state index in [1.807, 2.05) is 11.7 Å². The molecule has 2 rings (SSSR count). The predicted molar refractivity (Wildman–Crippen MR) is 74.5 cm³/mol. The quantitative estimate of drug-likeness (QED) is 0.866. The molecule has 18 heavy (non-hydrogen) atoms. The van der Waals surface area contributed by atoms with Crippen molar-refractivity contribution in [3.8, 4) is 0 Å². The largest absolute Gasteiger partial charge is 0.319 e. The van der Waals surface area contributed by atoms with E-state index in [-0.39, 0.29) is 0 Å². The van der Waals surface area contributed by atoms with Gasteiger partial charge in [-0.25, -0.2) is 0 Å². The topological polar surface area (TPSA) is 33.1 Å². The molecule has 2 unspecified atom stereocenters. The van der Waals surface area contributed by atoms with Gasteiger partial charge in [0.2, 0.25) is 0 Å². The number of hydrogen-bond acceptors (Lipinski definition) is 3. The fourth-order valence-electron chi connectivity index (χ4n) is 3.11. The first kappa shape index (κ1) is 13.6. The minimum absolute atomic E-state index is 0.526. The van der Waals surface area contributed by atoms with Crippen LogP contribution < -0.4 is 5.32 Å². The van der Waals surface area contributed by atoms with Crippen LogP contribution in [0.1, 0.15) is 38.8 Å². The first-order valence-corrected chi connectivity index (χ1v) is 7.10. The van der Waals surface area contributed by atoms with E-state index in [0.717, 1.165) is 13.1 Å². The molecule has 1 aliphatic rings. The molecule has 0 aromatic carbocycles. The standard InChI is InChI=1S/C14H26N4/c1-5-17-10-13(9-16-17)14-12(8-15-4)6-7-18(14)11(2)3/h9-12,14-15H,5-8H2,1-4H3. The molecule has 0 radical (unpaired) electrons. The maximum atomic E-state index is 4.44. The fraction of sp³-hybridized carbons (Fsp3) is 0.786. The Kier molecular flexibility index (Phi) is 4.40. The monoisotopic (exact) mass is 250 g/mol. The first-order valence-electron chi connectivity index (χ1n) is 7.10. The fourth-order valence-corrected chi connectivity index (χ4v) is 3.11. The lowest BCUT2D eigenvalue weighted by Crippen LogP contribution is -2.33. The lowest BCUT2D eigenvalue weighted by Gasteiger charge is -2.30. The average molecular weight is 250 g/mol. The Hall–Kier alpha value is -0.870. The second kappa shape index (κ2) is 5.85. The second-order valence-electron chi connectivity index (χ2n) is 5.51. The van der Waals surface area contributed by atoms with Gasteiger partial charge in [0.1, 0.15) is 0 Å². The lowest BCUT2D eigenvalue weighted by molar-refractivity contribution is 0.182. The van der Waals surface area contributed by atoms with Crippen molar-refractivity contribution in [3.63, 3.8) is 0 Å². The van der Waals surface area contributed by atoms with E-state index in [4.69, 9.17) is 0 Å². The molecule has 1 aromatic rings. The Morgan fingerprint density at radius 3 is 2.83 bits per heavy atom. The Morgan fingerprint density at radius 1 is 1.50 bits per heavy atom. The number of hydrogen-bond donors (Lipinski definition) is 1. The van der Waals surface area contributed by atoms with Crippen LogP contribution in [0.5, 0.6) is 0 Å². The van der Waals surface area contributed by atoms with Crippen LogP contribution in [0.25, 0.3) is 0 Å². The third kappa shape index (κ3) is 2.59. The number of aryl methyl sites for hydroxylation is 1. The highest BCUT2D eigenvalue weighted by atomic mass is 15.3. The van der Waals surface area contributed by atoms with Gasteiger partial charge >= 0.3 is 0 Å². The zero-order valence-corrected chi connectivity index (χ0v) is 12.1. The van der Waals surface area contributed by atoms with Gasteiger partial charge in [0.25, 0.3) is 0 Å². The van der Waals surface area contributed by atoms with Crippen LogP contribution in [0.4, 0.5) is 0 Å². The summed E-state index contributed by atoms with van der Waals surface area (Å²) in [6, 6.07) is 1.12. The van der Waals surface area contributed by atoms with Crippen molar-refractivity contribution < 1.29 is 0 Å². The summed E-state index contributed by atoms with van der Waals surface area (Å²) in [5.41, 5.74) is 1.38. The minimum Gasteiger partial charge on any atom is -0.319 e. The molecular formula is C14H26N4. The van der Waals surface area contributed by atoms with Crippen LogP contribution in [-0.4, -0.2) is 40.9 Å². The van der Waals surface area contributed by atoms with Crippen molar-refractivity contribution in [1.29, 1.82) is 0 Å². The number of nitrogens with one attached hydrogen (secondary N) is 1. The van der Waals surface area contributed by atoms with Gasteiger partial charge in [-0.1, -0.05) is 0 Å². The molecule has 2 atom stereocenters. The molecule has 0 spiro atoms. The smallest absolute Gasteiger partial charge is 0.0537 e. The zero-order valence-electron chi connectivity index (χ0n) is 12.1. The lowest BCUT2D eigenvalue weighted by atomic mass is 9.95. The van der Waals surface area contributed by atoms with Gasteiger partial charge in [0.05, 0.1) is 6.20 Å². The van der Waals surface area contributed by atoms with Gasteiger partial charge in [-0.15, -0.1) is 0 Å². The molecule has 4 heteroatoms. The van der Waals surface area contributed by atoms with Crippen LogP contribution in [0.3, 0.4) is 0 Å². The summed E-state index contributed by atoms with van der Waals surface area (Å²) in [5.74, 6) is 0.701. The highest BCUT2D eigenvalue weighted by Crippen LogP contribution is 2.38. The minimum atomic E-state index is 0.526. The Bertz CT molecular complexity index is 372. The van der Waals surface area contributed by atoms with Crippen molar-refractivity contribution in [2.24, 2.45) is 5.92 Å². The molecule has 1 saturated heterocycles. The molecule has 102 valence electrons. The normalized spacial score (nSPS) is 25.2. The molecule has 1 N–H and O–H groups in total. The van der Waals surface area contributed by atoms with Crippen molar-refractivity contribution >= 4 is 0 Å². The Labute approximate surface area is 110 Å². The van der Waals surface area contributed by atoms with E-state index in [1.54, 1.807) is 0 Å². The van der Waals surface area contributed by atoms with Gasteiger partial charge in [-0.2, -0.15) is 5.10 Å². The number of nitrogens with zero attached hydrogens (tertiary/aromatic N) is 3. The van der Waals surface area contributed by atoms with Crippen LogP contribution in [0.2, 0.25) is 0 Å². The van der Waals surface area contributed by atoms with E-state index in [1.165, 1.54) is 18.5 Å². The molecule has 0 saturated carbocycles. The Morgan fingerprint density at radius 2 is 2.28 bits per heavy atom. The molecule has 1 aliphatic heterocycles. The van der Waals surface area contributed by atoms with E-state index in [9.17, 15) is 0 Å². The molecule has 0 amide bonds. The molecule has 0 aliphatic carbocycles. The van der Waals surface area contributed by atoms with E-state index in [0.29, 0.717) is 18.0 Å². The number of likely N-dealkylation sites (tertiary alicyclic amines) is 1. The molecule has 2 heterocycles. The van der Waals surface area contributed by atoms with Crippen molar-refractivity contribution in [2.75, 3.05) is 20.1 Å². The summed E-state index contributed by atoms with van der Waals surface area (Å²) in [7, 11) is 2.05. The summed E-state index contributed by atoms with van der Waals surface area (Å²) in [4.78, 5) is 2.61.